The predicted octanol–water partition coefficient (Wildman–Crippen LogP) is -1.77. The van der Waals surface area contributed by atoms with Gasteiger partial charge in [-0.25, -0.2) is 0 Å². The molecular formula is C7H8O4Zn. The van der Waals surface area contributed by atoms with Crippen molar-refractivity contribution in [3.63, 3.8) is 0 Å². The molecule has 62 valence electrons. The zero-order valence-corrected chi connectivity index (χ0v) is 9.75. The summed E-state index contributed by atoms with van der Waals surface area (Å²) < 4.78 is 0. The van der Waals surface area contributed by atoms with Crippen molar-refractivity contribution in [3.05, 3.63) is 24.8 Å². The van der Waals surface area contributed by atoms with E-state index in [0.717, 1.165) is 12.2 Å². The average molecular weight is 222 g/mol. The Balaban J connectivity index is -0.000000126. The summed E-state index contributed by atoms with van der Waals surface area (Å²) in [6.45, 7) is 4.52. The van der Waals surface area contributed by atoms with Gasteiger partial charge in [0.2, 0.25) is 0 Å². The number of hydrogen-bond acceptors (Lipinski definition) is 4. The molecule has 4 nitrogen and oxygen atoms in total. The van der Waals surface area contributed by atoms with Gasteiger partial charge in [-0.1, -0.05) is 12.7 Å². The summed E-state index contributed by atoms with van der Waals surface area (Å²) in [6.07, 6.45) is 3.11. The van der Waals surface area contributed by atoms with E-state index in [-0.39, 0.29) is 19.5 Å². The van der Waals surface area contributed by atoms with Crippen LogP contribution in [-0.4, -0.2) is 11.9 Å². The minimum Gasteiger partial charge on any atom is -0.545 e. The first-order valence-electron chi connectivity index (χ1n) is 2.71. The van der Waals surface area contributed by atoms with Crippen LogP contribution < -0.4 is 10.2 Å². The summed E-state index contributed by atoms with van der Waals surface area (Å²) in [4.78, 5) is 18.5. The largest absolute Gasteiger partial charge is 2.00 e. The van der Waals surface area contributed by atoms with Crippen LogP contribution in [0.15, 0.2) is 24.8 Å². The van der Waals surface area contributed by atoms with Crippen molar-refractivity contribution in [1.29, 1.82) is 0 Å². The topological polar surface area (TPSA) is 80.3 Å². The Kier molecular flexibility index (Phi) is 18.2. The van der Waals surface area contributed by atoms with Gasteiger partial charge in [0, 0.05) is 0 Å². The van der Waals surface area contributed by atoms with Crippen LogP contribution in [0.5, 0.6) is 0 Å². The summed E-state index contributed by atoms with van der Waals surface area (Å²) in [5.74, 6) is -2.37. The van der Waals surface area contributed by atoms with Crippen molar-refractivity contribution in [2.45, 2.75) is 6.92 Å². The summed E-state index contributed by atoms with van der Waals surface area (Å²) in [5.41, 5.74) is 0. The Morgan fingerprint density at radius 3 is 1.58 bits per heavy atom. The fraction of sp³-hybridized carbons (Fsp3) is 0.143. The van der Waals surface area contributed by atoms with Crippen molar-refractivity contribution in [1.82, 2.24) is 0 Å². The molecular weight excluding hydrogens is 213 g/mol. The minimum absolute atomic E-state index is 0. The van der Waals surface area contributed by atoms with Crippen molar-refractivity contribution < 1.29 is 39.3 Å². The maximum absolute atomic E-state index is 9.40. The van der Waals surface area contributed by atoms with Gasteiger partial charge in [-0.3, -0.25) is 0 Å². The molecule has 0 rings (SSSR count). The maximum Gasteiger partial charge on any atom is 2.00 e. The summed E-state index contributed by atoms with van der Waals surface area (Å²) in [5, 5.41) is 18.5. The zero-order valence-electron chi connectivity index (χ0n) is 6.78. The number of carbonyl (C=O) groups is 2. The predicted molar refractivity (Wildman–Crippen MR) is 35.0 cm³/mol. The molecule has 0 saturated heterocycles. The summed E-state index contributed by atoms with van der Waals surface area (Å²) >= 11 is 0. The van der Waals surface area contributed by atoms with Gasteiger partial charge in [0.15, 0.2) is 0 Å². The molecule has 0 unspecified atom stereocenters. The van der Waals surface area contributed by atoms with Gasteiger partial charge < -0.3 is 19.8 Å². The molecule has 0 amide bonds. The summed E-state index contributed by atoms with van der Waals surface area (Å²) in [6, 6.07) is 0. The average Bonchev–Trinajstić information content (AvgIpc) is 1.89. The minimum atomic E-state index is -1.23. The third-order valence-electron chi connectivity index (χ3n) is 0.469. The molecule has 0 fully saturated rings. The van der Waals surface area contributed by atoms with Gasteiger partial charge in [-0.2, -0.15) is 0 Å². The molecule has 0 aromatic heterocycles. The Labute approximate surface area is 83.4 Å². The number of rotatable bonds is 2. The Morgan fingerprint density at radius 1 is 1.25 bits per heavy atom. The van der Waals surface area contributed by atoms with Gasteiger partial charge >= 0.3 is 19.5 Å². The first kappa shape index (κ1) is 17.2. The number of carboxylic acid groups (broad SMARTS) is 2. The molecule has 0 heterocycles. The second kappa shape index (κ2) is 12.7. The van der Waals surface area contributed by atoms with Crippen LogP contribution in [0.2, 0.25) is 0 Å². The van der Waals surface area contributed by atoms with Crippen LogP contribution in [0.4, 0.5) is 0 Å². The Morgan fingerprint density at radius 2 is 1.58 bits per heavy atom. The van der Waals surface area contributed by atoms with Crippen LogP contribution in [0.25, 0.3) is 0 Å². The van der Waals surface area contributed by atoms with Crippen molar-refractivity contribution >= 4 is 11.9 Å². The normalized spacial score (nSPS) is 7.42. The van der Waals surface area contributed by atoms with E-state index < -0.39 is 11.9 Å². The van der Waals surface area contributed by atoms with Gasteiger partial charge in [0.1, 0.15) is 0 Å². The van der Waals surface area contributed by atoms with Crippen LogP contribution in [0.3, 0.4) is 0 Å². The first-order valence-corrected chi connectivity index (χ1v) is 2.71. The third-order valence-corrected chi connectivity index (χ3v) is 0.469. The van der Waals surface area contributed by atoms with Gasteiger partial charge in [-0.15, -0.1) is 0 Å². The molecule has 0 N–H and O–H groups in total. The van der Waals surface area contributed by atoms with E-state index in [1.165, 1.54) is 6.08 Å². The molecule has 5 heteroatoms. The number of aliphatic carboxylic acids is 2. The van der Waals surface area contributed by atoms with E-state index in [9.17, 15) is 9.90 Å². The molecule has 0 aromatic carbocycles. The zero-order chi connectivity index (χ0) is 9.28. The van der Waals surface area contributed by atoms with Gasteiger partial charge in [-0.05, 0) is 19.1 Å². The standard InChI is InChI=1S/C4H6O2.C3H4O2.Zn/c1-2-3-4(5)6;1-2-3(4)5;/h2-3H,1H3,(H,5,6);2H,1H2,(H,4,5);/q;;+2/p-2/b3-2+;;. The smallest absolute Gasteiger partial charge is 0.545 e. The van der Waals surface area contributed by atoms with E-state index in [2.05, 4.69) is 6.58 Å². The SMILES string of the molecule is C/C=C/C(=O)[O-].C=CC(=O)[O-].[Zn+2]. The monoisotopic (exact) mass is 220 g/mol. The maximum atomic E-state index is 9.40. The van der Waals surface area contributed by atoms with Gasteiger partial charge in [0.05, 0.1) is 11.9 Å². The molecule has 0 aliphatic carbocycles. The van der Waals surface area contributed by atoms with E-state index in [4.69, 9.17) is 9.90 Å². The molecule has 0 aromatic rings. The van der Waals surface area contributed by atoms with Crippen molar-refractivity contribution in [3.8, 4) is 0 Å². The molecule has 0 atom stereocenters. The Bertz CT molecular complexity index is 174. The number of carbonyl (C=O) groups excluding carboxylic acids is 2. The molecule has 12 heavy (non-hydrogen) atoms. The van der Waals surface area contributed by atoms with E-state index in [1.807, 2.05) is 0 Å². The van der Waals surface area contributed by atoms with Crippen LogP contribution in [0, 0.1) is 0 Å². The van der Waals surface area contributed by atoms with Crippen molar-refractivity contribution in [2.24, 2.45) is 0 Å². The van der Waals surface area contributed by atoms with E-state index in [0.29, 0.717) is 0 Å². The molecule has 0 radical (unpaired) electrons. The second-order valence-electron chi connectivity index (χ2n) is 1.34. The number of hydrogen-bond donors (Lipinski definition) is 0. The van der Waals surface area contributed by atoms with E-state index in [1.54, 1.807) is 6.92 Å². The number of carboxylic acids is 2. The van der Waals surface area contributed by atoms with Gasteiger partial charge in [0.25, 0.3) is 0 Å². The number of allylic oxidation sites excluding steroid dienone is 1. The summed E-state index contributed by atoms with van der Waals surface area (Å²) in [7, 11) is 0. The van der Waals surface area contributed by atoms with Crippen LogP contribution in [-0.2, 0) is 29.1 Å². The molecule has 0 spiro atoms. The molecule has 0 aliphatic heterocycles. The second-order valence-corrected chi connectivity index (χ2v) is 1.34. The third kappa shape index (κ3) is 35.8. The molecule has 0 saturated carbocycles. The van der Waals surface area contributed by atoms with E-state index >= 15 is 0 Å². The Hall–Kier alpha value is -0.957. The van der Waals surface area contributed by atoms with Crippen LogP contribution in [0.1, 0.15) is 6.92 Å². The van der Waals surface area contributed by atoms with Crippen LogP contribution >= 0.6 is 0 Å². The fourth-order valence-electron chi connectivity index (χ4n) is 0.136. The quantitative estimate of drug-likeness (QED) is 0.408. The first-order chi connectivity index (χ1) is 5.04. The molecule has 0 aliphatic rings. The molecule has 0 bridgehead atoms. The van der Waals surface area contributed by atoms with Crippen molar-refractivity contribution in [2.75, 3.05) is 0 Å². The fourth-order valence-corrected chi connectivity index (χ4v) is 0.136.